The van der Waals surface area contributed by atoms with E-state index in [9.17, 15) is 0 Å². The van der Waals surface area contributed by atoms with Crippen LogP contribution >= 0.6 is 0 Å². The molecule has 2 unspecified atom stereocenters. The van der Waals surface area contributed by atoms with E-state index in [1.807, 2.05) is 7.05 Å². The zero-order valence-electron chi connectivity index (χ0n) is 13.3. The van der Waals surface area contributed by atoms with Crippen molar-refractivity contribution in [1.29, 1.82) is 0 Å². The van der Waals surface area contributed by atoms with Gasteiger partial charge < -0.3 is 5.32 Å². The van der Waals surface area contributed by atoms with Crippen LogP contribution in [0.15, 0.2) is 60.7 Å². The summed E-state index contributed by atoms with van der Waals surface area (Å²) in [6, 6.07) is 22.1. The molecule has 0 fully saturated rings. The highest BCUT2D eigenvalue weighted by Crippen LogP contribution is 2.33. The molecule has 2 heteroatoms. The molecule has 0 amide bonds. The molecule has 0 aromatic heterocycles. The Kier molecular flexibility index (Phi) is 5.97. The highest BCUT2D eigenvalue weighted by molar-refractivity contribution is 5.27. The van der Waals surface area contributed by atoms with Crippen LogP contribution in [0, 0.1) is 0 Å². The molecular weight excluding hydrogens is 256 g/mol. The van der Waals surface area contributed by atoms with Gasteiger partial charge in [0.25, 0.3) is 0 Å². The van der Waals surface area contributed by atoms with Crippen molar-refractivity contribution in [2.75, 3.05) is 20.6 Å². The second kappa shape index (κ2) is 7.96. The topological polar surface area (TPSA) is 15.3 Å². The average Bonchev–Trinajstić information content (AvgIpc) is 2.54. The number of likely N-dealkylation sites (N-methyl/N-ethyl adjacent to an activating group) is 2. The van der Waals surface area contributed by atoms with E-state index in [2.05, 4.69) is 84.9 Å². The van der Waals surface area contributed by atoms with Gasteiger partial charge in [0.1, 0.15) is 0 Å². The molecule has 21 heavy (non-hydrogen) atoms. The van der Waals surface area contributed by atoms with E-state index in [1.54, 1.807) is 0 Å². The first-order chi connectivity index (χ1) is 10.3. The molecule has 0 aliphatic heterocycles. The molecule has 112 valence electrons. The first kappa shape index (κ1) is 15.7. The molecule has 0 saturated heterocycles. The highest BCUT2D eigenvalue weighted by atomic mass is 15.2. The zero-order valence-corrected chi connectivity index (χ0v) is 13.3. The van der Waals surface area contributed by atoms with Crippen molar-refractivity contribution < 1.29 is 0 Å². The third-order valence-electron chi connectivity index (χ3n) is 3.98. The Morgan fingerprint density at radius 1 is 0.905 bits per heavy atom. The number of hydrogen-bond acceptors (Lipinski definition) is 2. The Labute approximate surface area is 128 Å². The molecule has 2 aromatic carbocycles. The van der Waals surface area contributed by atoms with E-state index in [4.69, 9.17) is 0 Å². The maximum Gasteiger partial charge on any atom is 0.0540 e. The van der Waals surface area contributed by atoms with Crippen LogP contribution in [0.5, 0.6) is 0 Å². The van der Waals surface area contributed by atoms with Crippen molar-refractivity contribution in [3.8, 4) is 0 Å². The van der Waals surface area contributed by atoms with Crippen LogP contribution in [-0.2, 0) is 0 Å². The predicted molar refractivity (Wildman–Crippen MR) is 90.3 cm³/mol. The molecule has 0 aliphatic carbocycles. The lowest BCUT2D eigenvalue weighted by Crippen LogP contribution is -2.35. The molecule has 0 spiro atoms. The summed E-state index contributed by atoms with van der Waals surface area (Å²) >= 11 is 0. The molecule has 0 radical (unpaired) electrons. The maximum atomic E-state index is 3.51. The molecule has 1 N–H and O–H groups in total. The summed E-state index contributed by atoms with van der Waals surface area (Å²) in [5.41, 5.74) is 2.69. The smallest absolute Gasteiger partial charge is 0.0540 e. The van der Waals surface area contributed by atoms with Gasteiger partial charge in [-0.1, -0.05) is 67.6 Å². The van der Waals surface area contributed by atoms with Gasteiger partial charge in [0.15, 0.2) is 0 Å². The average molecular weight is 282 g/mol. The van der Waals surface area contributed by atoms with Gasteiger partial charge in [0.05, 0.1) is 12.1 Å². The van der Waals surface area contributed by atoms with E-state index in [1.165, 1.54) is 11.1 Å². The third kappa shape index (κ3) is 3.93. The van der Waals surface area contributed by atoms with Gasteiger partial charge in [0, 0.05) is 0 Å². The van der Waals surface area contributed by atoms with Crippen LogP contribution in [0.3, 0.4) is 0 Å². The minimum absolute atomic E-state index is 0.283. The summed E-state index contributed by atoms with van der Waals surface area (Å²) < 4.78 is 0. The molecule has 2 atom stereocenters. The summed E-state index contributed by atoms with van der Waals surface area (Å²) in [5, 5.41) is 3.51. The molecule has 2 aromatic rings. The lowest BCUT2D eigenvalue weighted by Gasteiger charge is -2.35. The molecule has 0 bridgehead atoms. The van der Waals surface area contributed by atoms with Crippen LogP contribution in [0.1, 0.15) is 36.6 Å². The Morgan fingerprint density at radius 2 is 1.43 bits per heavy atom. The lowest BCUT2D eigenvalue weighted by atomic mass is 9.92. The van der Waals surface area contributed by atoms with Crippen molar-refractivity contribution in [2.45, 2.75) is 25.4 Å². The molecule has 2 rings (SSSR count). The summed E-state index contributed by atoms with van der Waals surface area (Å²) in [6.45, 7) is 3.32. The fourth-order valence-corrected chi connectivity index (χ4v) is 3.01. The molecular formula is C19H26N2. The Bertz CT molecular complexity index is 510. The minimum Gasteiger partial charge on any atom is -0.311 e. The SMILES string of the molecule is CCCN(C)C(c1ccccc1)C(NC)c1ccccc1. The van der Waals surface area contributed by atoms with E-state index in [-0.39, 0.29) is 6.04 Å². The fourth-order valence-electron chi connectivity index (χ4n) is 3.01. The quantitative estimate of drug-likeness (QED) is 0.825. The summed E-state index contributed by atoms with van der Waals surface area (Å²) in [6.07, 6.45) is 1.16. The van der Waals surface area contributed by atoms with Gasteiger partial charge >= 0.3 is 0 Å². The van der Waals surface area contributed by atoms with Crippen LogP contribution in [0.25, 0.3) is 0 Å². The van der Waals surface area contributed by atoms with Gasteiger partial charge in [-0.3, -0.25) is 4.90 Å². The Hall–Kier alpha value is -1.64. The fraction of sp³-hybridized carbons (Fsp3) is 0.368. The largest absolute Gasteiger partial charge is 0.311 e. The highest BCUT2D eigenvalue weighted by Gasteiger charge is 2.26. The Morgan fingerprint density at radius 3 is 1.90 bits per heavy atom. The van der Waals surface area contributed by atoms with Crippen molar-refractivity contribution in [3.05, 3.63) is 71.8 Å². The van der Waals surface area contributed by atoms with Crippen LogP contribution in [0.2, 0.25) is 0 Å². The standard InChI is InChI=1S/C19H26N2/c1-4-15-21(3)19(17-13-9-6-10-14-17)18(20-2)16-11-7-5-8-12-16/h5-14,18-20H,4,15H2,1-3H3. The number of benzene rings is 2. The van der Waals surface area contributed by atoms with E-state index in [0.717, 1.165) is 13.0 Å². The predicted octanol–water partition coefficient (Wildman–Crippen LogP) is 4.03. The van der Waals surface area contributed by atoms with Crippen LogP contribution < -0.4 is 5.32 Å². The van der Waals surface area contributed by atoms with E-state index < -0.39 is 0 Å². The Balaban J connectivity index is 2.38. The molecule has 0 heterocycles. The first-order valence-electron chi connectivity index (χ1n) is 7.75. The molecule has 2 nitrogen and oxygen atoms in total. The molecule has 0 aliphatic rings. The van der Waals surface area contributed by atoms with Crippen molar-refractivity contribution in [2.24, 2.45) is 0 Å². The summed E-state index contributed by atoms with van der Waals surface area (Å²) in [7, 11) is 4.27. The monoisotopic (exact) mass is 282 g/mol. The van der Waals surface area contributed by atoms with Crippen molar-refractivity contribution in [1.82, 2.24) is 10.2 Å². The second-order valence-corrected chi connectivity index (χ2v) is 5.51. The normalized spacial score (nSPS) is 14.1. The minimum atomic E-state index is 0.283. The van der Waals surface area contributed by atoms with Gasteiger partial charge in [-0.05, 0) is 38.2 Å². The van der Waals surface area contributed by atoms with Crippen LogP contribution in [-0.4, -0.2) is 25.5 Å². The molecule has 0 saturated carbocycles. The van der Waals surface area contributed by atoms with E-state index in [0.29, 0.717) is 6.04 Å². The number of nitrogens with zero attached hydrogens (tertiary/aromatic N) is 1. The summed E-state index contributed by atoms with van der Waals surface area (Å²) in [4.78, 5) is 2.45. The zero-order chi connectivity index (χ0) is 15.1. The maximum absolute atomic E-state index is 3.51. The lowest BCUT2D eigenvalue weighted by molar-refractivity contribution is 0.198. The van der Waals surface area contributed by atoms with Gasteiger partial charge in [-0.25, -0.2) is 0 Å². The first-order valence-corrected chi connectivity index (χ1v) is 7.75. The number of rotatable bonds is 7. The van der Waals surface area contributed by atoms with Crippen molar-refractivity contribution in [3.63, 3.8) is 0 Å². The number of nitrogens with one attached hydrogen (secondary N) is 1. The van der Waals surface area contributed by atoms with Crippen LogP contribution in [0.4, 0.5) is 0 Å². The second-order valence-electron chi connectivity index (χ2n) is 5.51. The summed E-state index contributed by atoms with van der Waals surface area (Å²) in [5.74, 6) is 0. The third-order valence-corrected chi connectivity index (χ3v) is 3.98. The van der Waals surface area contributed by atoms with Gasteiger partial charge in [-0.2, -0.15) is 0 Å². The number of hydrogen-bond donors (Lipinski definition) is 1. The van der Waals surface area contributed by atoms with Gasteiger partial charge in [0.2, 0.25) is 0 Å². The van der Waals surface area contributed by atoms with Crippen molar-refractivity contribution >= 4 is 0 Å². The van der Waals surface area contributed by atoms with E-state index >= 15 is 0 Å². The van der Waals surface area contributed by atoms with Gasteiger partial charge in [-0.15, -0.1) is 0 Å².